The molecule has 0 radical (unpaired) electrons. The lowest BCUT2D eigenvalue weighted by Crippen LogP contribution is -2.42. The fourth-order valence-electron chi connectivity index (χ4n) is 3.70. The standard InChI is InChI=1S/C22H26N2O2/c1-4-16(5-2)22(26)24-14-20(25)23-19-12-11-15(3)13-18(19)21(24)17-9-7-6-8-10-17/h6-13,16,21H,4-5,14H2,1-3H3,(H,23,25)/t21-/m0/s1. The summed E-state index contributed by atoms with van der Waals surface area (Å²) in [6.07, 6.45) is 1.55. The highest BCUT2D eigenvalue weighted by atomic mass is 16.2. The van der Waals surface area contributed by atoms with Crippen molar-refractivity contribution in [1.82, 2.24) is 4.90 Å². The summed E-state index contributed by atoms with van der Waals surface area (Å²) in [5.74, 6) is -0.165. The molecular formula is C22H26N2O2. The maximum Gasteiger partial charge on any atom is 0.244 e. The van der Waals surface area contributed by atoms with Crippen LogP contribution in [-0.4, -0.2) is 23.3 Å². The maximum absolute atomic E-state index is 13.3. The number of carbonyl (C=O) groups is 2. The molecule has 1 aliphatic rings. The normalized spacial score (nSPS) is 16.8. The Morgan fingerprint density at radius 3 is 2.50 bits per heavy atom. The van der Waals surface area contributed by atoms with E-state index in [1.807, 2.05) is 63.2 Å². The van der Waals surface area contributed by atoms with Gasteiger partial charge in [-0.2, -0.15) is 0 Å². The largest absolute Gasteiger partial charge is 0.324 e. The van der Waals surface area contributed by atoms with Crippen molar-refractivity contribution in [1.29, 1.82) is 0 Å². The Balaban J connectivity index is 2.17. The molecule has 1 atom stereocenters. The highest BCUT2D eigenvalue weighted by Crippen LogP contribution is 2.37. The predicted octanol–water partition coefficient (Wildman–Crippen LogP) is 4.30. The van der Waals surface area contributed by atoms with Crippen molar-refractivity contribution in [2.45, 2.75) is 39.7 Å². The lowest BCUT2D eigenvalue weighted by Gasteiger charge is -2.33. The van der Waals surface area contributed by atoms with Crippen LogP contribution in [0.1, 0.15) is 49.4 Å². The maximum atomic E-state index is 13.3. The summed E-state index contributed by atoms with van der Waals surface area (Å²) in [5, 5.41) is 2.98. The van der Waals surface area contributed by atoms with Crippen LogP contribution in [0.5, 0.6) is 0 Å². The first-order chi connectivity index (χ1) is 12.5. The summed E-state index contributed by atoms with van der Waals surface area (Å²) < 4.78 is 0. The van der Waals surface area contributed by atoms with Crippen molar-refractivity contribution in [2.75, 3.05) is 11.9 Å². The van der Waals surface area contributed by atoms with Crippen molar-refractivity contribution in [3.8, 4) is 0 Å². The van der Waals surface area contributed by atoms with Gasteiger partial charge >= 0.3 is 0 Å². The second-order valence-electron chi connectivity index (χ2n) is 6.93. The molecule has 2 aromatic carbocycles. The second kappa shape index (κ2) is 7.73. The van der Waals surface area contributed by atoms with Crippen LogP contribution < -0.4 is 5.32 Å². The number of benzene rings is 2. The zero-order chi connectivity index (χ0) is 18.7. The van der Waals surface area contributed by atoms with E-state index in [0.29, 0.717) is 0 Å². The van der Waals surface area contributed by atoms with Gasteiger partial charge in [-0.15, -0.1) is 0 Å². The smallest absolute Gasteiger partial charge is 0.244 e. The van der Waals surface area contributed by atoms with Crippen molar-refractivity contribution >= 4 is 17.5 Å². The molecule has 2 aromatic rings. The minimum absolute atomic E-state index is 0.0494. The third-order valence-corrected chi connectivity index (χ3v) is 5.13. The van der Waals surface area contributed by atoms with Gasteiger partial charge in [-0.05, 0) is 31.4 Å². The molecule has 4 heteroatoms. The molecule has 0 saturated heterocycles. The number of nitrogens with zero attached hydrogens (tertiary/aromatic N) is 1. The number of anilines is 1. The molecule has 4 nitrogen and oxygen atoms in total. The topological polar surface area (TPSA) is 49.4 Å². The quantitative estimate of drug-likeness (QED) is 0.894. The van der Waals surface area contributed by atoms with Crippen molar-refractivity contribution < 1.29 is 9.59 Å². The average molecular weight is 350 g/mol. The number of amides is 2. The van der Waals surface area contributed by atoms with E-state index in [1.54, 1.807) is 4.90 Å². The molecule has 0 aromatic heterocycles. The van der Waals surface area contributed by atoms with E-state index in [2.05, 4.69) is 11.4 Å². The third-order valence-electron chi connectivity index (χ3n) is 5.13. The van der Waals surface area contributed by atoms with Crippen LogP contribution in [0, 0.1) is 12.8 Å². The summed E-state index contributed by atoms with van der Waals surface area (Å²) in [4.78, 5) is 27.6. The van der Waals surface area contributed by atoms with E-state index >= 15 is 0 Å². The molecule has 1 heterocycles. The Kier molecular flexibility index (Phi) is 5.40. The molecule has 2 amide bonds. The van der Waals surface area contributed by atoms with Gasteiger partial charge in [-0.1, -0.05) is 61.9 Å². The molecular weight excluding hydrogens is 324 g/mol. The SMILES string of the molecule is CCC(CC)C(=O)N1CC(=O)Nc2ccc(C)cc2[C@@H]1c1ccccc1. The molecule has 0 aliphatic carbocycles. The summed E-state index contributed by atoms with van der Waals surface area (Å²) in [6.45, 7) is 6.16. The van der Waals surface area contributed by atoms with Gasteiger partial charge < -0.3 is 10.2 Å². The van der Waals surface area contributed by atoms with Crippen LogP contribution in [0.3, 0.4) is 0 Å². The first-order valence-corrected chi connectivity index (χ1v) is 9.31. The first-order valence-electron chi connectivity index (χ1n) is 9.31. The van der Waals surface area contributed by atoms with Crippen LogP contribution in [0.2, 0.25) is 0 Å². The van der Waals surface area contributed by atoms with Crippen molar-refractivity contribution in [3.63, 3.8) is 0 Å². The molecule has 1 aliphatic heterocycles. The van der Waals surface area contributed by atoms with E-state index in [1.165, 1.54) is 0 Å². The zero-order valence-electron chi connectivity index (χ0n) is 15.7. The van der Waals surface area contributed by atoms with E-state index in [9.17, 15) is 9.59 Å². The highest BCUT2D eigenvalue weighted by Gasteiger charge is 2.35. The van der Waals surface area contributed by atoms with E-state index in [4.69, 9.17) is 0 Å². The molecule has 0 spiro atoms. The van der Waals surface area contributed by atoms with Gasteiger partial charge in [0.2, 0.25) is 11.8 Å². The fraction of sp³-hybridized carbons (Fsp3) is 0.364. The van der Waals surface area contributed by atoms with Crippen LogP contribution in [-0.2, 0) is 9.59 Å². The van der Waals surface area contributed by atoms with E-state index < -0.39 is 0 Å². The number of rotatable bonds is 4. The van der Waals surface area contributed by atoms with Gasteiger partial charge in [-0.3, -0.25) is 9.59 Å². The zero-order valence-corrected chi connectivity index (χ0v) is 15.7. The Morgan fingerprint density at radius 2 is 1.85 bits per heavy atom. The Bertz CT molecular complexity index is 797. The van der Waals surface area contributed by atoms with E-state index in [-0.39, 0.29) is 30.3 Å². The fourth-order valence-corrected chi connectivity index (χ4v) is 3.70. The lowest BCUT2D eigenvalue weighted by atomic mass is 9.92. The summed E-state index contributed by atoms with van der Waals surface area (Å²) >= 11 is 0. The molecule has 1 N–H and O–H groups in total. The number of hydrogen-bond donors (Lipinski definition) is 1. The van der Waals surface area contributed by atoms with Gasteiger partial charge in [0.05, 0.1) is 6.04 Å². The van der Waals surface area contributed by atoms with Crippen molar-refractivity contribution in [3.05, 3.63) is 65.2 Å². The van der Waals surface area contributed by atoms with Crippen molar-refractivity contribution in [2.24, 2.45) is 5.92 Å². The molecule has 0 saturated carbocycles. The van der Waals surface area contributed by atoms with Gasteiger partial charge in [0.25, 0.3) is 0 Å². The van der Waals surface area contributed by atoms with Gasteiger partial charge in [0, 0.05) is 17.2 Å². The molecule has 3 rings (SSSR count). The van der Waals surface area contributed by atoms with Gasteiger partial charge in [0.1, 0.15) is 6.54 Å². The number of aryl methyl sites for hydroxylation is 1. The number of hydrogen-bond acceptors (Lipinski definition) is 2. The van der Waals surface area contributed by atoms with E-state index in [0.717, 1.165) is 35.2 Å². The summed E-state index contributed by atoms with van der Waals surface area (Å²) in [5.41, 5.74) is 3.89. The molecule has 0 bridgehead atoms. The minimum Gasteiger partial charge on any atom is -0.324 e. The van der Waals surface area contributed by atoms with Gasteiger partial charge in [0.15, 0.2) is 0 Å². The summed E-state index contributed by atoms with van der Waals surface area (Å²) in [6, 6.07) is 15.7. The Morgan fingerprint density at radius 1 is 1.15 bits per heavy atom. The minimum atomic E-state index is -0.266. The monoisotopic (exact) mass is 350 g/mol. The number of fused-ring (bicyclic) bond motifs is 1. The molecule has 0 fully saturated rings. The highest BCUT2D eigenvalue weighted by molar-refractivity contribution is 5.97. The average Bonchev–Trinajstić information content (AvgIpc) is 2.79. The molecule has 26 heavy (non-hydrogen) atoms. The van der Waals surface area contributed by atoms with Crippen LogP contribution in [0.4, 0.5) is 5.69 Å². The molecule has 136 valence electrons. The van der Waals surface area contributed by atoms with Crippen LogP contribution in [0.25, 0.3) is 0 Å². The third kappa shape index (κ3) is 3.50. The van der Waals surface area contributed by atoms with Crippen LogP contribution >= 0.6 is 0 Å². The second-order valence-corrected chi connectivity index (χ2v) is 6.93. The Hall–Kier alpha value is -2.62. The number of nitrogens with one attached hydrogen (secondary N) is 1. The predicted molar refractivity (Wildman–Crippen MR) is 104 cm³/mol. The molecule has 0 unspecified atom stereocenters. The lowest BCUT2D eigenvalue weighted by molar-refractivity contribution is -0.140. The Labute approximate surface area is 155 Å². The summed E-state index contributed by atoms with van der Waals surface area (Å²) in [7, 11) is 0. The van der Waals surface area contributed by atoms with Crippen LogP contribution in [0.15, 0.2) is 48.5 Å². The van der Waals surface area contributed by atoms with Gasteiger partial charge in [-0.25, -0.2) is 0 Å². The number of carbonyl (C=O) groups excluding carboxylic acids is 2. The first kappa shape index (κ1) is 18.2.